The maximum atomic E-state index is 12.0. The van der Waals surface area contributed by atoms with Crippen molar-refractivity contribution in [2.24, 2.45) is 0 Å². The summed E-state index contributed by atoms with van der Waals surface area (Å²) in [7, 11) is 0. The standard InChI is InChI=1S/C20H13N3O2S/c24-20(18-5-3-13-26-18)25-15-8-6-14(7-9-15)19-22-12-10-17(23-19)16-4-1-2-11-21-16/h1-13H. The van der Waals surface area contributed by atoms with Gasteiger partial charge in [-0.1, -0.05) is 12.1 Å². The molecule has 4 rings (SSSR count). The van der Waals surface area contributed by atoms with Gasteiger partial charge in [-0.2, -0.15) is 0 Å². The van der Waals surface area contributed by atoms with Crippen molar-refractivity contribution < 1.29 is 9.53 Å². The summed E-state index contributed by atoms with van der Waals surface area (Å²) in [6.07, 6.45) is 3.44. The maximum absolute atomic E-state index is 12.0. The van der Waals surface area contributed by atoms with E-state index < -0.39 is 0 Å². The number of rotatable bonds is 4. The highest BCUT2D eigenvalue weighted by Crippen LogP contribution is 2.22. The largest absolute Gasteiger partial charge is 0.422 e. The second-order valence-corrected chi connectivity index (χ2v) is 6.32. The number of aromatic nitrogens is 3. The zero-order valence-electron chi connectivity index (χ0n) is 13.6. The van der Waals surface area contributed by atoms with Gasteiger partial charge >= 0.3 is 5.97 Å². The fraction of sp³-hybridized carbons (Fsp3) is 0. The molecule has 0 saturated carbocycles. The van der Waals surface area contributed by atoms with E-state index in [0.717, 1.165) is 17.0 Å². The van der Waals surface area contributed by atoms with Crippen molar-refractivity contribution in [3.8, 4) is 28.5 Å². The van der Waals surface area contributed by atoms with Crippen LogP contribution in [0.4, 0.5) is 0 Å². The third-order valence-electron chi connectivity index (χ3n) is 3.63. The number of esters is 1. The van der Waals surface area contributed by atoms with E-state index in [1.54, 1.807) is 30.6 Å². The summed E-state index contributed by atoms with van der Waals surface area (Å²) >= 11 is 1.35. The van der Waals surface area contributed by atoms with Crippen molar-refractivity contribution in [3.63, 3.8) is 0 Å². The highest BCUT2D eigenvalue weighted by molar-refractivity contribution is 7.12. The van der Waals surface area contributed by atoms with Gasteiger partial charge in [0.1, 0.15) is 10.6 Å². The molecule has 0 radical (unpaired) electrons. The minimum Gasteiger partial charge on any atom is -0.422 e. The normalized spacial score (nSPS) is 10.5. The summed E-state index contributed by atoms with van der Waals surface area (Å²) in [4.78, 5) is 25.8. The molecule has 0 fully saturated rings. The van der Waals surface area contributed by atoms with Crippen LogP contribution in [0.3, 0.4) is 0 Å². The topological polar surface area (TPSA) is 65.0 Å². The lowest BCUT2D eigenvalue weighted by Crippen LogP contribution is -2.06. The third-order valence-corrected chi connectivity index (χ3v) is 4.48. The van der Waals surface area contributed by atoms with Gasteiger partial charge in [-0.25, -0.2) is 14.8 Å². The Kier molecular flexibility index (Phi) is 4.49. The van der Waals surface area contributed by atoms with Gasteiger partial charge in [-0.15, -0.1) is 11.3 Å². The van der Waals surface area contributed by atoms with E-state index in [1.165, 1.54) is 11.3 Å². The molecule has 0 spiro atoms. The highest BCUT2D eigenvalue weighted by Gasteiger charge is 2.10. The van der Waals surface area contributed by atoms with E-state index in [-0.39, 0.29) is 5.97 Å². The van der Waals surface area contributed by atoms with Gasteiger partial charge in [0.25, 0.3) is 0 Å². The van der Waals surface area contributed by atoms with Gasteiger partial charge in [-0.05, 0) is 53.9 Å². The average Bonchev–Trinajstić information content (AvgIpc) is 3.24. The Bertz CT molecular complexity index is 1020. The van der Waals surface area contributed by atoms with Crippen LogP contribution in [0.1, 0.15) is 9.67 Å². The smallest absolute Gasteiger partial charge is 0.353 e. The van der Waals surface area contributed by atoms with Crippen molar-refractivity contribution in [3.05, 3.63) is 83.3 Å². The molecule has 3 heterocycles. The number of benzene rings is 1. The molecule has 0 N–H and O–H groups in total. The molecule has 1 aromatic carbocycles. The Morgan fingerprint density at radius 3 is 2.46 bits per heavy atom. The van der Waals surface area contributed by atoms with Crippen molar-refractivity contribution in [2.75, 3.05) is 0 Å². The lowest BCUT2D eigenvalue weighted by Gasteiger charge is -2.06. The summed E-state index contributed by atoms with van der Waals surface area (Å²) < 4.78 is 5.36. The Balaban J connectivity index is 1.55. The van der Waals surface area contributed by atoms with Gasteiger partial charge in [0.15, 0.2) is 5.82 Å². The fourth-order valence-corrected chi connectivity index (χ4v) is 2.98. The first kappa shape index (κ1) is 16.1. The Hall–Kier alpha value is -3.38. The number of thiophene rings is 1. The molecule has 3 aromatic heterocycles. The molecule has 5 nitrogen and oxygen atoms in total. The zero-order chi connectivity index (χ0) is 17.8. The maximum Gasteiger partial charge on any atom is 0.353 e. The predicted molar refractivity (Wildman–Crippen MR) is 100.0 cm³/mol. The number of hydrogen-bond acceptors (Lipinski definition) is 6. The second kappa shape index (κ2) is 7.25. The minimum absolute atomic E-state index is 0.360. The summed E-state index contributed by atoms with van der Waals surface area (Å²) in [5.74, 6) is 0.707. The fourth-order valence-electron chi connectivity index (χ4n) is 2.38. The molecular formula is C20H13N3O2S. The number of carbonyl (C=O) groups excluding carboxylic acids is 1. The molecule has 26 heavy (non-hydrogen) atoms. The molecular weight excluding hydrogens is 346 g/mol. The van der Waals surface area contributed by atoms with Crippen molar-refractivity contribution in [1.29, 1.82) is 0 Å². The molecule has 0 unspecified atom stereocenters. The monoisotopic (exact) mass is 359 g/mol. The third kappa shape index (κ3) is 3.50. The lowest BCUT2D eigenvalue weighted by atomic mass is 10.2. The number of pyridine rings is 1. The van der Waals surface area contributed by atoms with Crippen LogP contribution in [0, 0.1) is 0 Å². The Morgan fingerprint density at radius 1 is 0.846 bits per heavy atom. The van der Waals surface area contributed by atoms with Crippen LogP contribution in [0.15, 0.2) is 78.4 Å². The first-order valence-electron chi connectivity index (χ1n) is 7.90. The van der Waals surface area contributed by atoms with Gasteiger partial charge in [0.05, 0.1) is 11.4 Å². The van der Waals surface area contributed by atoms with Crippen molar-refractivity contribution in [1.82, 2.24) is 15.0 Å². The molecule has 0 bridgehead atoms. The summed E-state index contributed by atoms with van der Waals surface area (Å²) in [5.41, 5.74) is 2.38. The van der Waals surface area contributed by atoms with E-state index in [9.17, 15) is 4.79 Å². The molecule has 4 aromatic rings. The lowest BCUT2D eigenvalue weighted by molar-refractivity contribution is 0.0740. The van der Waals surface area contributed by atoms with Crippen LogP contribution >= 0.6 is 11.3 Å². The highest BCUT2D eigenvalue weighted by atomic mass is 32.1. The van der Waals surface area contributed by atoms with E-state index in [4.69, 9.17) is 4.74 Å². The van der Waals surface area contributed by atoms with Crippen LogP contribution in [-0.4, -0.2) is 20.9 Å². The molecule has 0 aliphatic rings. The molecule has 0 aliphatic heterocycles. The average molecular weight is 359 g/mol. The van der Waals surface area contributed by atoms with Gasteiger partial charge in [-0.3, -0.25) is 4.98 Å². The molecule has 0 amide bonds. The molecule has 126 valence electrons. The minimum atomic E-state index is -0.360. The molecule has 6 heteroatoms. The number of ether oxygens (including phenoxy) is 1. The zero-order valence-corrected chi connectivity index (χ0v) is 14.4. The Labute approximate surface area is 154 Å². The van der Waals surface area contributed by atoms with Crippen LogP contribution in [0.2, 0.25) is 0 Å². The first-order valence-corrected chi connectivity index (χ1v) is 8.78. The number of hydrogen-bond donors (Lipinski definition) is 0. The molecule has 0 aliphatic carbocycles. The summed E-state index contributed by atoms with van der Waals surface area (Å²) in [6, 6.07) is 18.2. The van der Waals surface area contributed by atoms with E-state index in [0.29, 0.717) is 16.5 Å². The Morgan fingerprint density at radius 2 is 1.73 bits per heavy atom. The SMILES string of the molecule is O=C(Oc1ccc(-c2nccc(-c3ccccn3)n2)cc1)c1cccs1. The van der Waals surface area contributed by atoms with E-state index in [1.807, 2.05) is 47.8 Å². The van der Waals surface area contributed by atoms with Crippen molar-refractivity contribution in [2.45, 2.75) is 0 Å². The second-order valence-electron chi connectivity index (χ2n) is 5.37. The molecule has 0 atom stereocenters. The molecule has 0 saturated heterocycles. The number of nitrogens with zero attached hydrogens (tertiary/aromatic N) is 3. The van der Waals surface area contributed by atoms with Gasteiger partial charge < -0.3 is 4.74 Å². The van der Waals surface area contributed by atoms with Gasteiger partial charge in [0, 0.05) is 18.0 Å². The summed E-state index contributed by atoms with van der Waals surface area (Å²) in [5, 5.41) is 1.84. The van der Waals surface area contributed by atoms with Crippen LogP contribution in [0.5, 0.6) is 5.75 Å². The first-order chi connectivity index (χ1) is 12.8. The van der Waals surface area contributed by atoms with Crippen LogP contribution < -0.4 is 4.74 Å². The van der Waals surface area contributed by atoms with E-state index in [2.05, 4.69) is 15.0 Å². The van der Waals surface area contributed by atoms with E-state index >= 15 is 0 Å². The summed E-state index contributed by atoms with van der Waals surface area (Å²) in [6.45, 7) is 0. The van der Waals surface area contributed by atoms with Crippen LogP contribution in [0.25, 0.3) is 22.8 Å². The van der Waals surface area contributed by atoms with Crippen LogP contribution in [-0.2, 0) is 0 Å². The quantitative estimate of drug-likeness (QED) is 0.397. The predicted octanol–water partition coefficient (Wildman–Crippen LogP) is 4.49. The van der Waals surface area contributed by atoms with Gasteiger partial charge in [0.2, 0.25) is 0 Å². The number of carbonyl (C=O) groups is 1. The van der Waals surface area contributed by atoms with Crippen molar-refractivity contribution >= 4 is 17.3 Å².